The number of aryl methyl sites for hydroxylation is 1. The SMILES string of the molecule is CCOc1ccc(NC(=O)c2csc(-c3ccc(C)s3)n2)cc1. The van der Waals surface area contributed by atoms with Crippen LogP contribution in [0.15, 0.2) is 41.8 Å². The molecular formula is C17H16N2O2S2. The van der Waals surface area contributed by atoms with Crippen molar-refractivity contribution in [3.8, 4) is 15.6 Å². The first-order valence-electron chi connectivity index (χ1n) is 7.22. The number of hydrogen-bond donors (Lipinski definition) is 1. The first-order chi connectivity index (χ1) is 11.2. The predicted molar refractivity (Wildman–Crippen MR) is 95.7 cm³/mol. The van der Waals surface area contributed by atoms with Crippen LogP contribution in [-0.2, 0) is 0 Å². The highest BCUT2D eigenvalue weighted by atomic mass is 32.1. The maximum absolute atomic E-state index is 12.3. The van der Waals surface area contributed by atoms with Crippen LogP contribution in [0.1, 0.15) is 22.3 Å². The van der Waals surface area contributed by atoms with Crippen molar-refractivity contribution in [2.24, 2.45) is 0 Å². The fraction of sp³-hybridized carbons (Fsp3) is 0.176. The Morgan fingerprint density at radius 1 is 1.22 bits per heavy atom. The molecule has 1 N–H and O–H groups in total. The van der Waals surface area contributed by atoms with E-state index in [0.717, 1.165) is 21.3 Å². The summed E-state index contributed by atoms with van der Waals surface area (Å²) in [5.74, 6) is 0.583. The molecule has 1 aromatic carbocycles. The number of nitrogens with one attached hydrogen (secondary N) is 1. The van der Waals surface area contributed by atoms with Gasteiger partial charge in [0.15, 0.2) is 0 Å². The van der Waals surface area contributed by atoms with Gasteiger partial charge in [-0.05, 0) is 50.2 Å². The zero-order valence-electron chi connectivity index (χ0n) is 12.8. The Morgan fingerprint density at radius 3 is 2.65 bits per heavy atom. The van der Waals surface area contributed by atoms with Crippen LogP contribution in [0.5, 0.6) is 5.75 Å². The molecule has 0 saturated carbocycles. The highest BCUT2D eigenvalue weighted by Crippen LogP contribution is 2.30. The number of aromatic nitrogens is 1. The molecule has 4 nitrogen and oxygen atoms in total. The molecule has 0 aliphatic rings. The lowest BCUT2D eigenvalue weighted by Gasteiger charge is -2.05. The molecule has 23 heavy (non-hydrogen) atoms. The lowest BCUT2D eigenvalue weighted by Crippen LogP contribution is -2.12. The summed E-state index contributed by atoms with van der Waals surface area (Å²) in [4.78, 5) is 19.0. The minimum Gasteiger partial charge on any atom is -0.494 e. The van der Waals surface area contributed by atoms with E-state index in [4.69, 9.17) is 4.74 Å². The van der Waals surface area contributed by atoms with Crippen molar-refractivity contribution in [3.05, 3.63) is 52.3 Å². The van der Waals surface area contributed by atoms with E-state index >= 15 is 0 Å². The van der Waals surface area contributed by atoms with Gasteiger partial charge in [0.25, 0.3) is 5.91 Å². The number of rotatable bonds is 5. The van der Waals surface area contributed by atoms with Gasteiger partial charge in [0.2, 0.25) is 0 Å². The number of hydrogen-bond acceptors (Lipinski definition) is 5. The molecule has 0 aliphatic heterocycles. The van der Waals surface area contributed by atoms with Gasteiger partial charge in [0, 0.05) is 15.9 Å². The van der Waals surface area contributed by atoms with E-state index in [9.17, 15) is 4.79 Å². The summed E-state index contributed by atoms with van der Waals surface area (Å²) in [6, 6.07) is 11.4. The monoisotopic (exact) mass is 344 g/mol. The number of nitrogens with zero attached hydrogens (tertiary/aromatic N) is 1. The zero-order chi connectivity index (χ0) is 16.2. The third-order valence-corrected chi connectivity index (χ3v) is 5.12. The predicted octanol–water partition coefficient (Wildman–Crippen LogP) is 4.83. The Balaban J connectivity index is 1.70. The summed E-state index contributed by atoms with van der Waals surface area (Å²) in [5.41, 5.74) is 1.16. The number of thiazole rings is 1. The maximum Gasteiger partial charge on any atom is 0.275 e. The number of thiophene rings is 1. The second-order valence-electron chi connectivity index (χ2n) is 4.86. The maximum atomic E-state index is 12.3. The number of anilines is 1. The Labute approximate surface area is 142 Å². The highest BCUT2D eigenvalue weighted by Gasteiger charge is 2.13. The summed E-state index contributed by atoms with van der Waals surface area (Å²) in [6.07, 6.45) is 0. The fourth-order valence-corrected chi connectivity index (χ4v) is 3.78. The minimum absolute atomic E-state index is 0.204. The van der Waals surface area contributed by atoms with E-state index in [2.05, 4.69) is 23.3 Å². The van der Waals surface area contributed by atoms with E-state index in [0.29, 0.717) is 12.3 Å². The van der Waals surface area contributed by atoms with Gasteiger partial charge in [0.05, 0.1) is 11.5 Å². The molecule has 0 saturated heterocycles. The number of carbonyl (C=O) groups is 1. The van der Waals surface area contributed by atoms with Gasteiger partial charge in [-0.1, -0.05) is 0 Å². The summed E-state index contributed by atoms with van der Waals surface area (Å²) in [5, 5.41) is 5.51. The zero-order valence-corrected chi connectivity index (χ0v) is 14.5. The van der Waals surface area contributed by atoms with Crippen LogP contribution in [0.3, 0.4) is 0 Å². The second-order valence-corrected chi connectivity index (χ2v) is 7.01. The van der Waals surface area contributed by atoms with Gasteiger partial charge in [0.1, 0.15) is 16.5 Å². The van der Waals surface area contributed by atoms with Crippen molar-refractivity contribution in [2.75, 3.05) is 11.9 Å². The van der Waals surface area contributed by atoms with E-state index < -0.39 is 0 Å². The van der Waals surface area contributed by atoms with Crippen LogP contribution in [-0.4, -0.2) is 17.5 Å². The summed E-state index contributed by atoms with van der Waals surface area (Å²) in [7, 11) is 0. The van der Waals surface area contributed by atoms with Crippen molar-refractivity contribution >= 4 is 34.3 Å². The van der Waals surface area contributed by atoms with Crippen LogP contribution >= 0.6 is 22.7 Å². The van der Waals surface area contributed by atoms with E-state index in [1.54, 1.807) is 16.7 Å². The Bertz CT molecular complexity index is 806. The highest BCUT2D eigenvalue weighted by molar-refractivity contribution is 7.21. The number of ether oxygens (including phenoxy) is 1. The average molecular weight is 344 g/mol. The molecule has 118 valence electrons. The summed E-state index contributed by atoms with van der Waals surface area (Å²) >= 11 is 3.16. The van der Waals surface area contributed by atoms with Gasteiger partial charge in [-0.15, -0.1) is 22.7 Å². The van der Waals surface area contributed by atoms with Crippen molar-refractivity contribution in [3.63, 3.8) is 0 Å². The Kier molecular flexibility index (Phi) is 4.73. The molecule has 3 rings (SSSR count). The van der Waals surface area contributed by atoms with Crippen LogP contribution < -0.4 is 10.1 Å². The van der Waals surface area contributed by atoms with Gasteiger partial charge in [-0.25, -0.2) is 4.98 Å². The number of carbonyl (C=O) groups excluding carboxylic acids is 1. The molecule has 1 amide bonds. The smallest absolute Gasteiger partial charge is 0.275 e. The van der Waals surface area contributed by atoms with Crippen LogP contribution in [0.4, 0.5) is 5.69 Å². The topological polar surface area (TPSA) is 51.2 Å². The largest absolute Gasteiger partial charge is 0.494 e. The lowest BCUT2D eigenvalue weighted by atomic mass is 10.3. The number of amides is 1. The quantitative estimate of drug-likeness (QED) is 0.721. The van der Waals surface area contributed by atoms with Gasteiger partial charge >= 0.3 is 0 Å². The molecule has 0 atom stereocenters. The van der Waals surface area contributed by atoms with Gasteiger partial charge in [-0.3, -0.25) is 4.79 Å². The molecular weight excluding hydrogens is 328 g/mol. The van der Waals surface area contributed by atoms with E-state index in [1.807, 2.05) is 37.3 Å². The van der Waals surface area contributed by atoms with E-state index in [1.165, 1.54) is 16.2 Å². The Hall–Kier alpha value is -2.18. The Morgan fingerprint density at radius 2 is 2.00 bits per heavy atom. The molecule has 3 aromatic rings. The molecule has 0 unspecified atom stereocenters. The minimum atomic E-state index is -0.204. The first-order valence-corrected chi connectivity index (χ1v) is 8.92. The molecule has 0 spiro atoms. The second kappa shape index (κ2) is 6.93. The van der Waals surface area contributed by atoms with Gasteiger partial charge in [-0.2, -0.15) is 0 Å². The third-order valence-electron chi connectivity index (χ3n) is 3.11. The molecule has 6 heteroatoms. The van der Waals surface area contributed by atoms with Crippen LogP contribution in [0.2, 0.25) is 0 Å². The fourth-order valence-electron chi connectivity index (χ4n) is 2.04. The standard InChI is InChI=1S/C17H16N2O2S2/c1-3-21-13-7-5-12(6-8-13)18-16(20)14-10-22-17(19-14)15-9-4-11(2)23-15/h4-10H,3H2,1-2H3,(H,18,20). The molecule has 0 fully saturated rings. The van der Waals surface area contributed by atoms with Crippen LogP contribution in [0, 0.1) is 6.92 Å². The van der Waals surface area contributed by atoms with Crippen molar-refractivity contribution in [1.82, 2.24) is 4.98 Å². The third kappa shape index (κ3) is 3.78. The average Bonchev–Trinajstić information content (AvgIpc) is 3.18. The summed E-state index contributed by atoms with van der Waals surface area (Å²) < 4.78 is 5.38. The van der Waals surface area contributed by atoms with Crippen LogP contribution in [0.25, 0.3) is 9.88 Å². The first kappa shape index (κ1) is 15.7. The molecule has 2 heterocycles. The number of benzene rings is 1. The molecule has 0 aliphatic carbocycles. The normalized spacial score (nSPS) is 10.5. The molecule has 2 aromatic heterocycles. The summed E-state index contributed by atoms with van der Waals surface area (Å²) in [6.45, 7) is 4.61. The molecule has 0 radical (unpaired) electrons. The van der Waals surface area contributed by atoms with Crippen molar-refractivity contribution in [1.29, 1.82) is 0 Å². The van der Waals surface area contributed by atoms with E-state index in [-0.39, 0.29) is 5.91 Å². The molecule has 0 bridgehead atoms. The lowest BCUT2D eigenvalue weighted by molar-refractivity contribution is 0.102. The van der Waals surface area contributed by atoms with Crippen molar-refractivity contribution in [2.45, 2.75) is 13.8 Å². The van der Waals surface area contributed by atoms with Gasteiger partial charge < -0.3 is 10.1 Å². The van der Waals surface area contributed by atoms with Crippen molar-refractivity contribution < 1.29 is 9.53 Å².